The van der Waals surface area contributed by atoms with Crippen molar-refractivity contribution in [3.8, 4) is 0 Å². The molecule has 1 unspecified atom stereocenters. The second-order valence-corrected chi connectivity index (χ2v) is 7.15. The molecule has 0 amide bonds. The van der Waals surface area contributed by atoms with E-state index in [2.05, 4.69) is 26.1 Å². The number of nitrogens with one attached hydrogen (secondary N) is 1. The Hall–Kier alpha value is -0.0400. The molecule has 18 heavy (non-hydrogen) atoms. The van der Waals surface area contributed by atoms with Crippen molar-refractivity contribution in [2.45, 2.75) is 78.2 Å². The van der Waals surface area contributed by atoms with Gasteiger partial charge in [-0.05, 0) is 43.1 Å². The lowest BCUT2D eigenvalue weighted by atomic mass is 9.61. The second-order valence-electron chi connectivity index (χ2n) is 7.15. The molecule has 0 bridgehead atoms. The van der Waals surface area contributed by atoms with E-state index in [1.54, 1.807) is 0 Å². The molecule has 1 nitrogen and oxygen atoms in total. The van der Waals surface area contributed by atoms with Crippen LogP contribution < -0.4 is 5.32 Å². The molecule has 2 saturated carbocycles. The molecule has 1 N–H and O–H groups in total. The van der Waals surface area contributed by atoms with Crippen LogP contribution in [0.3, 0.4) is 0 Å². The fourth-order valence-electron chi connectivity index (χ4n) is 3.91. The Labute approximate surface area is 114 Å². The highest BCUT2D eigenvalue weighted by atomic mass is 14.9. The molecule has 0 heterocycles. The van der Waals surface area contributed by atoms with Crippen molar-refractivity contribution in [2.24, 2.45) is 23.7 Å². The molecule has 0 saturated heterocycles. The van der Waals surface area contributed by atoms with E-state index in [4.69, 9.17) is 0 Å². The number of hydrogen-bond donors (Lipinski definition) is 1. The molecular weight excluding hydrogens is 218 g/mol. The van der Waals surface area contributed by atoms with Crippen molar-refractivity contribution in [3.63, 3.8) is 0 Å². The first kappa shape index (κ1) is 14.4. The third kappa shape index (κ3) is 3.50. The Morgan fingerprint density at radius 2 is 1.56 bits per heavy atom. The summed E-state index contributed by atoms with van der Waals surface area (Å²) in [6.07, 6.45) is 11.7. The van der Waals surface area contributed by atoms with Gasteiger partial charge in [-0.25, -0.2) is 0 Å². The third-order valence-corrected chi connectivity index (χ3v) is 5.23. The maximum Gasteiger partial charge on any atom is 0.0103 e. The first-order valence-corrected chi connectivity index (χ1v) is 8.45. The van der Waals surface area contributed by atoms with Crippen molar-refractivity contribution in [3.05, 3.63) is 0 Å². The average Bonchev–Trinajstić information content (AvgIpc) is 2.17. The minimum Gasteiger partial charge on any atom is -0.314 e. The normalized spacial score (nSPS) is 23.2. The molecule has 2 rings (SSSR count). The summed E-state index contributed by atoms with van der Waals surface area (Å²) >= 11 is 0. The van der Waals surface area contributed by atoms with Gasteiger partial charge in [-0.2, -0.15) is 0 Å². The van der Waals surface area contributed by atoms with Crippen molar-refractivity contribution in [1.29, 1.82) is 0 Å². The zero-order valence-corrected chi connectivity index (χ0v) is 12.8. The molecule has 2 fully saturated rings. The van der Waals surface area contributed by atoms with Crippen LogP contribution >= 0.6 is 0 Å². The Balaban J connectivity index is 1.96. The van der Waals surface area contributed by atoms with E-state index in [0.717, 1.165) is 29.7 Å². The molecule has 0 aromatic heterocycles. The van der Waals surface area contributed by atoms with E-state index in [0.29, 0.717) is 0 Å². The summed E-state index contributed by atoms with van der Waals surface area (Å²) in [5.74, 6) is 3.95. The smallest absolute Gasteiger partial charge is 0.0103 e. The summed E-state index contributed by atoms with van der Waals surface area (Å²) in [6.45, 7) is 8.28. The molecule has 106 valence electrons. The van der Waals surface area contributed by atoms with E-state index in [9.17, 15) is 0 Å². The molecule has 0 aliphatic heterocycles. The van der Waals surface area contributed by atoms with E-state index in [-0.39, 0.29) is 0 Å². The minimum atomic E-state index is 0.806. The molecule has 0 radical (unpaired) electrons. The van der Waals surface area contributed by atoms with Gasteiger partial charge in [0.05, 0.1) is 0 Å². The Morgan fingerprint density at radius 3 is 1.89 bits per heavy atom. The van der Waals surface area contributed by atoms with Crippen LogP contribution in [0.5, 0.6) is 0 Å². The van der Waals surface area contributed by atoms with Gasteiger partial charge in [0.15, 0.2) is 0 Å². The summed E-state index contributed by atoms with van der Waals surface area (Å²) in [7, 11) is 0. The fourth-order valence-corrected chi connectivity index (χ4v) is 3.91. The first-order chi connectivity index (χ1) is 8.72. The Bertz CT molecular complexity index is 214. The van der Waals surface area contributed by atoms with Gasteiger partial charge < -0.3 is 5.32 Å². The van der Waals surface area contributed by atoms with E-state index < -0.39 is 0 Å². The van der Waals surface area contributed by atoms with Crippen LogP contribution in [0.15, 0.2) is 0 Å². The van der Waals surface area contributed by atoms with Gasteiger partial charge in [-0.3, -0.25) is 0 Å². The minimum absolute atomic E-state index is 0.806. The van der Waals surface area contributed by atoms with E-state index in [1.807, 2.05) is 0 Å². The predicted molar refractivity (Wildman–Crippen MR) is 79.7 cm³/mol. The van der Waals surface area contributed by atoms with Crippen LogP contribution in [-0.4, -0.2) is 12.6 Å². The van der Waals surface area contributed by atoms with E-state index >= 15 is 0 Å². The van der Waals surface area contributed by atoms with Gasteiger partial charge in [0.2, 0.25) is 0 Å². The van der Waals surface area contributed by atoms with Crippen molar-refractivity contribution >= 4 is 0 Å². The Morgan fingerprint density at radius 1 is 1.00 bits per heavy atom. The SMILES string of the molecule is CCCNC(CC(C)C)C(C1CCC1)C1CCC1. The van der Waals surface area contributed by atoms with Gasteiger partial charge in [-0.15, -0.1) is 0 Å². The standard InChI is InChI=1S/C17H33N/c1-4-11-18-16(12-13(2)3)17(14-7-5-8-14)15-9-6-10-15/h13-18H,4-12H2,1-3H3. The van der Waals surface area contributed by atoms with Gasteiger partial charge in [-0.1, -0.05) is 59.3 Å². The molecule has 2 aliphatic carbocycles. The van der Waals surface area contributed by atoms with E-state index in [1.165, 1.54) is 57.9 Å². The molecule has 0 aromatic carbocycles. The highest BCUT2D eigenvalue weighted by Crippen LogP contribution is 2.46. The van der Waals surface area contributed by atoms with Crippen LogP contribution in [0.2, 0.25) is 0 Å². The zero-order chi connectivity index (χ0) is 13.0. The lowest BCUT2D eigenvalue weighted by molar-refractivity contribution is 0.0533. The maximum atomic E-state index is 3.90. The lowest BCUT2D eigenvalue weighted by Crippen LogP contribution is -2.47. The lowest BCUT2D eigenvalue weighted by Gasteiger charge is -2.47. The molecule has 1 heteroatoms. The quantitative estimate of drug-likeness (QED) is 0.664. The summed E-state index contributed by atoms with van der Waals surface area (Å²) in [4.78, 5) is 0. The maximum absolute atomic E-state index is 3.90. The summed E-state index contributed by atoms with van der Waals surface area (Å²) in [5, 5.41) is 3.90. The monoisotopic (exact) mass is 251 g/mol. The summed E-state index contributed by atoms with van der Waals surface area (Å²) in [5.41, 5.74) is 0. The number of hydrogen-bond acceptors (Lipinski definition) is 1. The topological polar surface area (TPSA) is 12.0 Å². The molecule has 0 aromatic rings. The van der Waals surface area contributed by atoms with Crippen LogP contribution in [0, 0.1) is 23.7 Å². The molecule has 2 aliphatic rings. The average molecular weight is 251 g/mol. The van der Waals surface area contributed by atoms with Crippen LogP contribution in [0.25, 0.3) is 0 Å². The van der Waals surface area contributed by atoms with Gasteiger partial charge in [0.25, 0.3) is 0 Å². The van der Waals surface area contributed by atoms with Crippen molar-refractivity contribution in [2.75, 3.05) is 6.54 Å². The second kappa shape index (κ2) is 6.93. The van der Waals surface area contributed by atoms with Crippen LogP contribution in [-0.2, 0) is 0 Å². The molecular formula is C17H33N. The number of rotatable bonds is 8. The summed E-state index contributed by atoms with van der Waals surface area (Å²) < 4.78 is 0. The van der Waals surface area contributed by atoms with Gasteiger partial charge in [0.1, 0.15) is 0 Å². The molecule has 0 spiro atoms. The predicted octanol–water partition coefficient (Wildman–Crippen LogP) is 4.62. The summed E-state index contributed by atoms with van der Waals surface area (Å²) in [6, 6.07) is 0.806. The van der Waals surface area contributed by atoms with Gasteiger partial charge in [0, 0.05) is 6.04 Å². The van der Waals surface area contributed by atoms with Crippen LogP contribution in [0.1, 0.15) is 72.1 Å². The van der Waals surface area contributed by atoms with Gasteiger partial charge >= 0.3 is 0 Å². The van der Waals surface area contributed by atoms with Crippen LogP contribution in [0.4, 0.5) is 0 Å². The molecule has 1 atom stereocenters. The third-order valence-electron chi connectivity index (χ3n) is 5.23. The first-order valence-electron chi connectivity index (χ1n) is 8.45. The highest BCUT2D eigenvalue weighted by Gasteiger charge is 2.40. The van der Waals surface area contributed by atoms with Crippen molar-refractivity contribution in [1.82, 2.24) is 5.32 Å². The fraction of sp³-hybridized carbons (Fsp3) is 1.00. The largest absolute Gasteiger partial charge is 0.314 e. The Kier molecular flexibility index (Phi) is 5.54. The van der Waals surface area contributed by atoms with Crippen molar-refractivity contribution < 1.29 is 0 Å². The highest BCUT2D eigenvalue weighted by molar-refractivity contribution is 4.93. The zero-order valence-electron chi connectivity index (χ0n) is 12.8.